The number of carbonyl (C=O) groups is 4. The molecule has 1 saturated carbocycles. The molecule has 1 saturated heterocycles. The van der Waals surface area contributed by atoms with Gasteiger partial charge in [0.15, 0.2) is 0 Å². The summed E-state index contributed by atoms with van der Waals surface area (Å²) in [7, 11) is 0. The number of unbranched alkanes of at least 4 members (excludes halogenated alkanes) is 4. The molecule has 2 aromatic rings. The Bertz CT molecular complexity index is 1430. The summed E-state index contributed by atoms with van der Waals surface area (Å²) < 4.78 is 0. The number of hydrogen-bond donors (Lipinski definition) is 6. The van der Waals surface area contributed by atoms with Gasteiger partial charge >= 0.3 is 0 Å². The number of hydrogen-bond acceptors (Lipinski definition) is 9. The Morgan fingerprint density at radius 1 is 1.00 bits per heavy atom. The van der Waals surface area contributed by atoms with E-state index in [2.05, 4.69) is 42.9 Å². The molecule has 1 aromatic heterocycles. The Balaban J connectivity index is 0.883. The predicted molar refractivity (Wildman–Crippen MR) is 173 cm³/mol. The van der Waals surface area contributed by atoms with E-state index in [1.54, 1.807) is 18.3 Å². The van der Waals surface area contributed by atoms with Gasteiger partial charge in [0.25, 0.3) is 5.91 Å². The van der Waals surface area contributed by atoms with Gasteiger partial charge in [-0.05, 0) is 69.5 Å². The number of H-pyrrole nitrogens is 1. The molecule has 6 N–H and O–H groups in total. The van der Waals surface area contributed by atoms with Crippen LogP contribution in [0.25, 0.3) is 0 Å². The highest BCUT2D eigenvalue weighted by Crippen LogP contribution is 2.32. The lowest BCUT2D eigenvalue weighted by Crippen LogP contribution is -2.52. The Labute approximate surface area is 269 Å². The van der Waals surface area contributed by atoms with Crippen molar-refractivity contribution in [1.82, 2.24) is 31.0 Å². The number of benzene rings is 1. The molecule has 13 heteroatoms. The number of aromatic nitrogens is 2. The van der Waals surface area contributed by atoms with Crippen molar-refractivity contribution in [2.45, 2.75) is 89.3 Å². The van der Waals surface area contributed by atoms with Gasteiger partial charge in [0.05, 0.1) is 12.7 Å². The van der Waals surface area contributed by atoms with E-state index in [9.17, 15) is 19.2 Å². The van der Waals surface area contributed by atoms with E-state index in [4.69, 9.17) is 5.26 Å². The molecular formula is C33H45N9O4. The second kappa shape index (κ2) is 16.2. The normalized spacial score (nSPS) is 21.0. The van der Waals surface area contributed by atoms with Gasteiger partial charge in [-0.2, -0.15) is 10.4 Å². The Kier molecular flexibility index (Phi) is 11.6. The quantitative estimate of drug-likeness (QED) is 0.120. The van der Waals surface area contributed by atoms with Crippen molar-refractivity contribution in [1.29, 1.82) is 5.26 Å². The summed E-state index contributed by atoms with van der Waals surface area (Å²) in [6, 6.07) is 7.39. The first-order chi connectivity index (χ1) is 22.4. The van der Waals surface area contributed by atoms with Crippen molar-refractivity contribution in [3.05, 3.63) is 41.1 Å². The third-order valence-electron chi connectivity index (χ3n) is 9.30. The van der Waals surface area contributed by atoms with Crippen LogP contribution in [0.15, 0.2) is 24.4 Å². The first kappa shape index (κ1) is 32.9. The molecule has 1 unspecified atom stereocenters. The van der Waals surface area contributed by atoms with Crippen LogP contribution in [0, 0.1) is 17.2 Å². The maximum absolute atomic E-state index is 13.0. The number of imide groups is 1. The molecule has 4 amide bonds. The zero-order valence-corrected chi connectivity index (χ0v) is 26.3. The molecule has 3 heterocycles. The van der Waals surface area contributed by atoms with E-state index < -0.39 is 11.9 Å². The van der Waals surface area contributed by atoms with E-state index in [-0.39, 0.29) is 37.2 Å². The van der Waals surface area contributed by atoms with Gasteiger partial charge in [-0.25, -0.2) is 0 Å². The average molecular weight is 632 g/mol. The summed E-state index contributed by atoms with van der Waals surface area (Å²) in [5, 5.41) is 31.4. The molecular weight excluding hydrogens is 586 g/mol. The molecule has 3 aliphatic rings. The van der Waals surface area contributed by atoms with Crippen LogP contribution in [0.3, 0.4) is 0 Å². The number of fused-ring (bicyclic) bond motifs is 1. The van der Waals surface area contributed by atoms with Gasteiger partial charge in [-0.15, -0.1) is 0 Å². The van der Waals surface area contributed by atoms with Crippen LogP contribution in [0.5, 0.6) is 0 Å². The molecule has 1 aromatic carbocycles. The summed E-state index contributed by atoms with van der Waals surface area (Å²) in [5.41, 5.74) is 2.55. The highest BCUT2D eigenvalue weighted by molar-refractivity contribution is 6.06. The van der Waals surface area contributed by atoms with Crippen molar-refractivity contribution in [3.63, 3.8) is 0 Å². The van der Waals surface area contributed by atoms with Crippen molar-refractivity contribution in [2.75, 3.05) is 36.8 Å². The first-order valence-corrected chi connectivity index (χ1v) is 16.6. The van der Waals surface area contributed by atoms with Crippen molar-refractivity contribution >= 4 is 35.1 Å². The molecule has 2 aliphatic heterocycles. The number of carbonyl (C=O) groups excluding carboxylic acids is 4. The smallest absolute Gasteiger partial charge is 0.255 e. The summed E-state index contributed by atoms with van der Waals surface area (Å²) in [6.07, 6.45) is 12.3. The number of nitriles is 1. The van der Waals surface area contributed by atoms with E-state index in [1.807, 2.05) is 6.07 Å². The second-order valence-electron chi connectivity index (χ2n) is 12.5. The summed E-state index contributed by atoms with van der Waals surface area (Å²) in [5.74, 6) is 0.244. The zero-order valence-electron chi connectivity index (χ0n) is 26.3. The molecule has 2 fully saturated rings. The van der Waals surface area contributed by atoms with Crippen LogP contribution in [0.4, 0.5) is 11.5 Å². The topological polar surface area (TPSA) is 184 Å². The number of piperidine rings is 1. The van der Waals surface area contributed by atoms with E-state index in [1.165, 1.54) is 37.0 Å². The molecule has 0 radical (unpaired) electrons. The van der Waals surface area contributed by atoms with Crippen molar-refractivity contribution in [3.8, 4) is 6.07 Å². The van der Waals surface area contributed by atoms with Crippen LogP contribution in [0.2, 0.25) is 0 Å². The standard InChI is InChI=1S/C33H45N9O4/c34-17-23-19-39-41-31(23)38-18-22-9-11-24(12-10-22)35-15-4-2-1-3-5-16-36-30(44)20-37-27-8-6-7-25-26(27)21-42(33(25)46)28-13-14-29(43)40-32(28)45/h6-8,19,22,24,28,35,37H,1-5,9-16,18,20-21H2,(H,36,44)(H2,38,39,41)(H,40,43,45). The monoisotopic (exact) mass is 631 g/mol. The van der Waals surface area contributed by atoms with Gasteiger partial charge < -0.3 is 26.2 Å². The molecule has 1 aliphatic carbocycles. The van der Waals surface area contributed by atoms with Gasteiger partial charge in [-0.1, -0.05) is 25.3 Å². The Morgan fingerprint density at radius 3 is 2.57 bits per heavy atom. The van der Waals surface area contributed by atoms with Crippen molar-refractivity contribution < 1.29 is 19.2 Å². The maximum atomic E-state index is 13.0. The number of nitrogens with one attached hydrogen (secondary N) is 6. The van der Waals surface area contributed by atoms with Crippen LogP contribution < -0.4 is 26.6 Å². The highest BCUT2D eigenvalue weighted by atomic mass is 16.2. The zero-order chi connectivity index (χ0) is 32.3. The maximum Gasteiger partial charge on any atom is 0.255 e. The lowest BCUT2D eigenvalue weighted by Gasteiger charge is -2.29. The molecule has 46 heavy (non-hydrogen) atoms. The number of nitrogens with zero attached hydrogens (tertiary/aromatic N) is 3. The lowest BCUT2D eigenvalue weighted by molar-refractivity contribution is -0.137. The number of anilines is 2. The highest BCUT2D eigenvalue weighted by Gasteiger charge is 2.39. The van der Waals surface area contributed by atoms with E-state index >= 15 is 0 Å². The summed E-state index contributed by atoms with van der Waals surface area (Å²) in [6.45, 7) is 2.89. The summed E-state index contributed by atoms with van der Waals surface area (Å²) in [4.78, 5) is 50.8. The van der Waals surface area contributed by atoms with Gasteiger partial charge in [0.2, 0.25) is 17.7 Å². The first-order valence-electron chi connectivity index (χ1n) is 16.6. The summed E-state index contributed by atoms with van der Waals surface area (Å²) >= 11 is 0. The largest absolute Gasteiger partial charge is 0.376 e. The SMILES string of the molecule is N#Cc1cn[nH]c1NCC1CCC(NCCCCCCCNC(=O)CNc2cccc3c2CN(C2CCC(=O)NC2=O)C3=O)CC1. The van der Waals surface area contributed by atoms with Crippen LogP contribution in [-0.4, -0.2) is 77.0 Å². The van der Waals surface area contributed by atoms with Crippen LogP contribution in [0.1, 0.15) is 92.1 Å². The van der Waals surface area contributed by atoms with Gasteiger partial charge in [0, 0.05) is 48.9 Å². The predicted octanol–water partition coefficient (Wildman–Crippen LogP) is 2.78. The second-order valence-corrected chi connectivity index (χ2v) is 12.5. The van der Waals surface area contributed by atoms with Gasteiger partial charge in [-0.3, -0.25) is 29.6 Å². The fourth-order valence-corrected chi connectivity index (χ4v) is 6.63. The number of aromatic amines is 1. The van der Waals surface area contributed by atoms with E-state index in [0.29, 0.717) is 41.7 Å². The molecule has 0 bridgehead atoms. The molecule has 13 nitrogen and oxygen atoms in total. The number of rotatable bonds is 16. The molecule has 5 rings (SSSR count). The lowest BCUT2D eigenvalue weighted by atomic mass is 9.86. The molecule has 246 valence electrons. The van der Waals surface area contributed by atoms with Gasteiger partial charge in [0.1, 0.15) is 23.5 Å². The third kappa shape index (κ3) is 8.63. The van der Waals surface area contributed by atoms with Crippen LogP contribution >= 0.6 is 0 Å². The minimum Gasteiger partial charge on any atom is -0.376 e. The van der Waals surface area contributed by atoms with Crippen LogP contribution in [-0.2, 0) is 20.9 Å². The number of amides is 4. The fraction of sp³-hybridized carbons (Fsp3) is 0.576. The Hall–Kier alpha value is -4.44. The fourth-order valence-electron chi connectivity index (χ4n) is 6.63. The van der Waals surface area contributed by atoms with E-state index in [0.717, 1.165) is 50.2 Å². The average Bonchev–Trinajstić information content (AvgIpc) is 3.66. The molecule has 1 atom stereocenters. The Morgan fingerprint density at radius 2 is 1.78 bits per heavy atom. The van der Waals surface area contributed by atoms with Crippen molar-refractivity contribution in [2.24, 2.45) is 5.92 Å². The third-order valence-corrected chi connectivity index (χ3v) is 9.30. The minimum absolute atomic E-state index is 0.0968. The molecule has 0 spiro atoms. The minimum atomic E-state index is -0.668.